The fourth-order valence-electron chi connectivity index (χ4n) is 2.86. The normalized spacial score (nSPS) is 11.1. The molecule has 1 amide bonds. The van der Waals surface area contributed by atoms with Crippen LogP contribution in [0.1, 0.15) is 36.5 Å². The van der Waals surface area contributed by atoms with Crippen molar-refractivity contribution in [3.05, 3.63) is 57.7 Å². The number of unbranched alkanes of at least 4 members (excludes halogenated alkanes) is 1. The van der Waals surface area contributed by atoms with Crippen LogP contribution in [0.25, 0.3) is 6.08 Å². The van der Waals surface area contributed by atoms with E-state index in [1.165, 1.54) is 13.2 Å². The smallest absolute Gasteiger partial charge is 0.352 e. The number of methoxy groups -OCH3 is 1. The highest BCUT2D eigenvalue weighted by atomic mass is 35.5. The molecule has 7 nitrogen and oxygen atoms in total. The van der Waals surface area contributed by atoms with Gasteiger partial charge in [-0.15, -0.1) is 0 Å². The Morgan fingerprint density at radius 1 is 1.09 bits per heavy atom. The highest BCUT2D eigenvalue weighted by molar-refractivity contribution is 6.32. The molecule has 0 heterocycles. The third-order valence-corrected chi connectivity index (χ3v) is 5.13. The predicted octanol–water partition coefficient (Wildman–Crippen LogP) is 4.77. The van der Waals surface area contributed by atoms with Crippen molar-refractivity contribution in [1.29, 1.82) is 0 Å². The van der Waals surface area contributed by atoms with Gasteiger partial charge in [0.2, 0.25) is 0 Å². The standard InChI is InChI=1S/C24H28ClNO6/c1-5-6-9-31-20-8-7-17(13-21(20)30-4)12-19(24(28)29)26-22(27)14-32-18-10-15(2)23(25)16(3)11-18/h7-8,10-13H,5-6,9,14H2,1-4H3,(H,26,27)(H,28,29)/b19-12+. The number of aryl methyl sites for hydroxylation is 2. The van der Waals surface area contributed by atoms with Gasteiger partial charge in [-0.25, -0.2) is 4.79 Å². The Morgan fingerprint density at radius 2 is 1.78 bits per heavy atom. The average molecular weight is 462 g/mol. The number of carbonyl (C=O) groups is 2. The molecule has 0 spiro atoms. The summed E-state index contributed by atoms with van der Waals surface area (Å²) in [5, 5.41) is 12.5. The zero-order valence-corrected chi connectivity index (χ0v) is 19.4. The van der Waals surface area contributed by atoms with E-state index < -0.39 is 11.9 Å². The number of hydrogen-bond acceptors (Lipinski definition) is 5. The largest absolute Gasteiger partial charge is 0.493 e. The summed E-state index contributed by atoms with van der Waals surface area (Å²) >= 11 is 6.13. The summed E-state index contributed by atoms with van der Waals surface area (Å²) in [6.07, 6.45) is 3.26. The molecule has 0 radical (unpaired) electrons. The molecular weight excluding hydrogens is 434 g/mol. The number of rotatable bonds is 11. The number of hydrogen-bond donors (Lipinski definition) is 2. The fourth-order valence-corrected chi connectivity index (χ4v) is 2.97. The van der Waals surface area contributed by atoms with Crippen molar-refractivity contribution in [2.45, 2.75) is 33.6 Å². The molecule has 2 rings (SSSR count). The molecule has 0 saturated heterocycles. The van der Waals surface area contributed by atoms with E-state index >= 15 is 0 Å². The summed E-state index contributed by atoms with van der Waals surface area (Å²) in [5.74, 6) is -0.360. The van der Waals surface area contributed by atoms with E-state index in [-0.39, 0.29) is 12.3 Å². The van der Waals surface area contributed by atoms with Gasteiger partial charge >= 0.3 is 5.97 Å². The summed E-state index contributed by atoms with van der Waals surface area (Å²) in [5.41, 5.74) is 1.89. The summed E-state index contributed by atoms with van der Waals surface area (Å²) in [4.78, 5) is 23.9. The van der Waals surface area contributed by atoms with Crippen molar-refractivity contribution in [1.82, 2.24) is 5.32 Å². The number of benzene rings is 2. The predicted molar refractivity (Wildman–Crippen MR) is 124 cm³/mol. The number of carboxylic acids is 1. The second kappa shape index (κ2) is 12.0. The van der Waals surface area contributed by atoms with Gasteiger partial charge in [-0.2, -0.15) is 0 Å². The van der Waals surface area contributed by atoms with Crippen LogP contribution in [-0.2, 0) is 9.59 Å². The molecular formula is C24H28ClNO6. The van der Waals surface area contributed by atoms with Crippen LogP contribution in [0.2, 0.25) is 5.02 Å². The van der Waals surface area contributed by atoms with Crippen molar-refractivity contribution >= 4 is 29.6 Å². The monoisotopic (exact) mass is 461 g/mol. The quantitative estimate of drug-likeness (QED) is 0.370. The minimum absolute atomic E-state index is 0.288. The van der Waals surface area contributed by atoms with Crippen LogP contribution in [0.4, 0.5) is 0 Å². The van der Waals surface area contributed by atoms with Gasteiger partial charge in [-0.05, 0) is 67.3 Å². The number of carboxylic acid groups (broad SMARTS) is 1. The molecule has 0 aliphatic rings. The third kappa shape index (κ3) is 7.20. The van der Waals surface area contributed by atoms with E-state index in [4.69, 9.17) is 25.8 Å². The first kappa shape index (κ1) is 25.1. The topological polar surface area (TPSA) is 94.1 Å². The minimum Gasteiger partial charge on any atom is -0.493 e. The van der Waals surface area contributed by atoms with Gasteiger partial charge in [0.25, 0.3) is 5.91 Å². The van der Waals surface area contributed by atoms with Gasteiger partial charge in [0.05, 0.1) is 13.7 Å². The Bertz CT molecular complexity index is 979. The van der Waals surface area contributed by atoms with Gasteiger partial charge in [-0.3, -0.25) is 4.79 Å². The number of carbonyl (C=O) groups excluding carboxylic acids is 1. The Balaban J connectivity index is 2.09. The first-order chi connectivity index (χ1) is 15.2. The van der Waals surface area contributed by atoms with E-state index in [9.17, 15) is 14.7 Å². The second-order valence-corrected chi connectivity index (χ2v) is 7.56. The number of amides is 1. The van der Waals surface area contributed by atoms with Crippen LogP contribution >= 0.6 is 11.6 Å². The van der Waals surface area contributed by atoms with Crippen LogP contribution in [0.3, 0.4) is 0 Å². The number of nitrogens with one attached hydrogen (secondary N) is 1. The molecule has 2 N–H and O–H groups in total. The van der Waals surface area contributed by atoms with E-state index in [1.54, 1.807) is 30.3 Å². The summed E-state index contributed by atoms with van der Waals surface area (Å²) in [6, 6.07) is 8.47. The van der Waals surface area contributed by atoms with Crippen molar-refractivity contribution in [3.8, 4) is 17.2 Å². The van der Waals surface area contributed by atoms with Gasteiger partial charge in [0.1, 0.15) is 11.4 Å². The lowest BCUT2D eigenvalue weighted by Crippen LogP contribution is -2.31. The van der Waals surface area contributed by atoms with Crippen molar-refractivity contribution in [2.75, 3.05) is 20.3 Å². The molecule has 8 heteroatoms. The highest BCUT2D eigenvalue weighted by Crippen LogP contribution is 2.29. The van der Waals surface area contributed by atoms with Crippen LogP contribution in [0.5, 0.6) is 17.2 Å². The van der Waals surface area contributed by atoms with Crippen molar-refractivity contribution in [2.24, 2.45) is 0 Å². The average Bonchev–Trinajstić information content (AvgIpc) is 2.76. The first-order valence-corrected chi connectivity index (χ1v) is 10.6. The molecule has 0 atom stereocenters. The van der Waals surface area contributed by atoms with Gasteiger partial charge in [-0.1, -0.05) is 31.0 Å². The molecule has 2 aromatic carbocycles. The van der Waals surface area contributed by atoms with Crippen LogP contribution in [0.15, 0.2) is 36.0 Å². The number of ether oxygens (including phenoxy) is 3. The first-order valence-electron chi connectivity index (χ1n) is 10.2. The highest BCUT2D eigenvalue weighted by Gasteiger charge is 2.14. The molecule has 0 fully saturated rings. The molecule has 0 aromatic heterocycles. The lowest BCUT2D eigenvalue weighted by atomic mass is 10.1. The maximum absolute atomic E-state index is 12.3. The Morgan fingerprint density at radius 3 is 2.38 bits per heavy atom. The lowest BCUT2D eigenvalue weighted by Gasteiger charge is -2.12. The van der Waals surface area contributed by atoms with Gasteiger partial charge in [0, 0.05) is 5.02 Å². The van der Waals surface area contributed by atoms with E-state index in [1.807, 2.05) is 13.8 Å². The Kier molecular flexibility index (Phi) is 9.40. The van der Waals surface area contributed by atoms with Crippen LogP contribution in [0, 0.1) is 13.8 Å². The van der Waals surface area contributed by atoms with E-state index in [0.29, 0.717) is 34.4 Å². The zero-order valence-electron chi connectivity index (χ0n) is 18.7. The molecule has 0 saturated carbocycles. The lowest BCUT2D eigenvalue weighted by molar-refractivity contribution is -0.134. The molecule has 0 aliphatic carbocycles. The fraction of sp³-hybridized carbons (Fsp3) is 0.333. The van der Waals surface area contributed by atoms with Crippen molar-refractivity contribution < 1.29 is 28.9 Å². The van der Waals surface area contributed by atoms with Crippen LogP contribution in [-0.4, -0.2) is 37.3 Å². The van der Waals surface area contributed by atoms with Gasteiger partial charge < -0.3 is 24.6 Å². The summed E-state index contributed by atoms with van der Waals surface area (Å²) in [6.45, 7) is 5.95. The Labute approximate surface area is 192 Å². The molecule has 0 unspecified atom stereocenters. The van der Waals surface area contributed by atoms with Crippen LogP contribution < -0.4 is 19.5 Å². The number of aliphatic carboxylic acids is 1. The maximum Gasteiger partial charge on any atom is 0.352 e. The molecule has 2 aromatic rings. The molecule has 32 heavy (non-hydrogen) atoms. The van der Waals surface area contributed by atoms with Crippen molar-refractivity contribution in [3.63, 3.8) is 0 Å². The number of halogens is 1. The van der Waals surface area contributed by atoms with E-state index in [2.05, 4.69) is 12.2 Å². The van der Waals surface area contributed by atoms with Gasteiger partial charge in [0.15, 0.2) is 18.1 Å². The second-order valence-electron chi connectivity index (χ2n) is 7.18. The minimum atomic E-state index is -1.28. The molecule has 172 valence electrons. The Hall–Kier alpha value is -3.19. The van der Waals surface area contributed by atoms with E-state index in [0.717, 1.165) is 24.0 Å². The summed E-state index contributed by atoms with van der Waals surface area (Å²) < 4.78 is 16.5. The third-order valence-electron chi connectivity index (χ3n) is 4.54. The maximum atomic E-state index is 12.3. The SMILES string of the molecule is CCCCOc1ccc(/C=C(/NC(=O)COc2cc(C)c(Cl)c(C)c2)C(=O)O)cc1OC. The summed E-state index contributed by atoms with van der Waals surface area (Å²) in [7, 11) is 1.51. The molecule has 0 bridgehead atoms. The zero-order chi connectivity index (χ0) is 23.7. The molecule has 0 aliphatic heterocycles.